The van der Waals surface area contributed by atoms with Crippen LogP contribution in [0.1, 0.15) is 39.4 Å². The Labute approximate surface area is 206 Å². The van der Waals surface area contributed by atoms with Crippen molar-refractivity contribution in [2.75, 3.05) is 13.1 Å². The van der Waals surface area contributed by atoms with Gasteiger partial charge in [0.2, 0.25) is 0 Å². The van der Waals surface area contributed by atoms with Crippen LogP contribution in [0.5, 0.6) is 5.75 Å². The van der Waals surface area contributed by atoms with Crippen LogP contribution in [-0.4, -0.2) is 30.3 Å². The van der Waals surface area contributed by atoms with Crippen LogP contribution in [-0.2, 0) is 6.42 Å². The molecule has 0 aliphatic carbocycles. The highest BCUT2D eigenvalue weighted by atomic mass is 35.5. The highest BCUT2D eigenvalue weighted by molar-refractivity contribution is 5.88. The number of carbonyl (C=O) groups is 1. The van der Waals surface area contributed by atoms with Crippen molar-refractivity contribution in [1.82, 2.24) is 5.32 Å². The quantitative estimate of drug-likeness (QED) is 0.319. The second-order valence-corrected chi connectivity index (χ2v) is 8.59. The van der Waals surface area contributed by atoms with E-state index in [0.717, 1.165) is 42.8 Å². The predicted molar refractivity (Wildman–Crippen MR) is 138 cm³/mol. The molecule has 2 atom stereocenters. The fourth-order valence-corrected chi connectivity index (χ4v) is 4.82. The van der Waals surface area contributed by atoms with Gasteiger partial charge in [-0.1, -0.05) is 72.8 Å². The molecule has 0 saturated carbocycles. The van der Waals surface area contributed by atoms with Crippen molar-refractivity contribution in [2.45, 2.75) is 24.9 Å². The number of aromatic carboxylic acids is 1. The van der Waals surface area contributed by atoms with E-state index in [1.807, 2.05) is 30.3 Å². The lowest BCUT2D eigenvalue weighted by molar-refractivity contribution is 0.0696. The summed E-state index contributed by atoms with van der Waals surface area (Å²) in [4.78, 5) is 11.5. The minimum Gasteiger partial charge on any atom is -0.489 e. The summed E-state index contributed by atoms with van der Waals surface area (Å²) in [5, 5.41) is 15.6. The zero-order valence-electron chi connectivity index (χ0n) is 18.8. The zero-order valence-corrected chi connectivity index (χ0v) is 19.6. The first-order chi connectivity index (χ1) is 16.2. The first-order valence-electron chi connectivity index (χ1n) is 11.5. The van der Waals surface area contributed by atoms with E-state index in [9.17, 15) is 9.90 Å². The van der Waals surface area contributed by atoms with Crippen LogP contribution in [0.2, 0.25) is 0 Å². The van der Waals surface area contributed by atoms with E-state index >= 15 is 0 Å². The third-order valence-electron chi connectivity index (χ3n) is 6.45. The van der Waals surface area contributed by atoms with Crippen LogP contribution in [0.3, 0.4) is 0 Å². The maximum atomic E-state index is 11.5. The Bertz CT molecular complexity index is 1280. The van der Waals surface area contributed by atoms with Crippen LogP contribution in [0.4, 0.5) is 0 Å². The lowest BCUT2D eigenvalue weighted by atomic mass is 9.83. The van der Waals surface area contributed by atoms with Crippen LogP contribution in [0.25, 0.3) is 10.8 Å². The summed E-state index contributed by atoms with van der Waals surface area (Å²) in [6.45, 7) is 1.61. The van der Waals surface area contributed by atoms with Crippen LogP contribution in [0, 0.1) is 0 Å². The number of ether oxygens (including phenoxy) is 1. The van der Waals surface area contributed by atoms with Gasteiger partial charge in [0.05, 0.1) is 5.56 Å². The summed E-state index contributed by atoms with van der Waals surface area (Å²) < 4.78 is 6.31. The zero-order chi connectivity index (χ0) is 22.6. The van der Waals surface area contributed by atoms with E-state index in [4.69, 9.17) is 4.74 Å². The molecule has 0 aromatic heterocycles. The molecule has 174 valence electrons. The number of hydrogen-bond acceptors (Lipinski definition) is 3. The molecule has 34 heavy (non-hydrogen) atoms. The highest BCUT2D eigenvalue weighted by Crippen LogP contribution is 2.40. The molecule has 1 aliphatic heterocycles. The molecule has 4 nitrogen and oxygen atoms in total. The summed E-state index contributed by atoms with van der Waals surface area (Å²) in [6.07, 6.45) is 1.78. The Balaban J connectivity index is 0.00000274. The SMILES string of the molecule is Cl.O=C(O)c1cccc(C2CC(CNCCc3cccc4ccccc34)Oc3ccccc32)c1. The molecule has 4 aromatic carbocycles. The molecule has 0 saturated heterocycles. The van der Waals surface area contributed by atoms with Crippen LogP contribution < -0.4 is 10.1 Å². The smallest absolute Gasteiger partial charge is 0.335 e. The lowest BCUT2D eigenvalue weighted by Gasteiger charge is -2.33. The minimum atomic E-state index is -0.899. The van der Waals surface area contributed by atoms with E-state index in [0.29, 0.717) is 5.56 Å². The molecule has 0 bridgehead atoms. The van der Waals surface area contributed by atoms with Crippen LogP contribution >= 0.6 is 12.4 Å². The van der Waals surface area contributed by atoms with E-state index < -0.39 is 5.97 Å². The number of para-hydroxylation sites is 1. The van der Waals surface area contributed by atoms with Crippen molar-refractivity contribution in [1.29, 1.82) is 0 Å². The molecule has 5 heteroatoms. The Hall–Kier alpha value is -3.34. The summed E-state index contributed by atoms with van der Waals surface area (Å²) in [5.74, 6) is 0.0956. The predicted octanol–water partition coefficient (Wildman–Crippen LogP) is 6.08. The van der Waals surface area contributed by atoms with Gasteiger partial charge in [0, 0.05) is 18.0 Å². The van der Waals surface area contributed by atoms with Crippen molar-refractivity contribution in [3.8, 4) is 5.75 Å². The van der Waals surface area contributed by atoms with Gasteiger partial charge >= 0.3 is 5.97 Å². The van der Waals surface area contributed by atoms with Crippen molar-refractivity contribution in [2.24, 2.45) is 0 Å². The minimum absolute atomic E-state index is 0. The number of benzene rings is 4. The number of fused-ring (bicyclic) bond motifs is 2. The number of rotatable bonds is 7. The standard InChI is InChI=1S/C29H27NO3.ClH/c31-29(32)23-11-6-10-22(17-23)27-18-24(33-28-14-4-3-13-26(27)28)19-30-16-15-21-9-5-8-20-7-1-2-12-25(20)21;/h1-14,17,24,27,30H,15-16,18-19H2,(H,31,32);1H. The first kappa shape index (κ1) is 23.8. The molecule has 0 spiro atoms. The monoisotopic (exact) mass is 473 g/mol. The van der Waals surface area contributed by atoms with Gasteiger partial charge in [0.15, 0.2) is 0 Å². The summed E-state index contributed by atoms with van der Waals surface area (Å²) in [5.41, 5.74) is 3.80. The topological polar surface area (TPSA) is 58.6 Å². The summed E-state index contributed by atoms with van der Waals surface area (Å²) in [7, 11) is 0. The molecule has 1 aliphatic rings. The van der Waals surface area contributed by atoms with E-state index in [1.54, 1.807) is 12.1 Å². The molecule has 0 amide bonds. The van der Waals surface area contributed by atoms with Gasteiger partial charge in [-0.15, -0.1) is 12.4 Å². The third kappa shape index (κ3) is 5.09. The molecule has 2 N–H and O–H groups in total. The van der Waals surface area contributed by atoms with Gasteiger partial charge in [-0.2, -0.15) is 0 Å². The van der Waals surface area contributed by atoms with Crippen molar-refractivity contribution < 1.29 is 14.6 Å². The number of carboxylic acid groups (broad SMARTS) is 1. The van der Waals surface area contributed by atoms with Crippen molar-refractivity contribution in [3.63, 3.8) is 0 Å². The normalized spacial score (nSPS) is 16.8. The Kier molecular flexibility index (Phi) is 7.51. The second-order valence-electron chi connectivity index (χ2n) is 8.59. The Morgan fingerprint density at radius 3 is 2.59 bits per heavy atom. The van der Waals surface area contributed by atoms with Crippen LogP contribution in [0.15, 0.2) is 91.0 Å². The molecule has 0 fully saturated rings. The molecule has 4 aromatic rings. The largest absolute Gasteiger partial charge is 0.489 e. The van der Waals surface area contributed by atoms with Crippen molar-refractivity contribution >= 4 is 29.1 Å². The molecule has 2 unspecified atom stereocenters. The maximum absolute atomic E-state index is 11.5. The number of hydrogen-bond donors (Lipinski definition) is 2. The van der Waals surface area contributed by atoms with Gasteiger partial charge < -0.3 is 15.2 Å². The van der Waals surface area contributed by atoms with E-state index in [1.165, 1.54) is 16.3 Å². The van der Waals surface area contributed by atoms with Gasteiger partial charge in [-0.3, -0.25) is 0 Å². The van der Waals surface area contributed by atoms with Gasteiger partial charge in [-0.25, -0.2) is 4.79 Å². The molecular formula is C29H28ClNO3. The summed E-state index contributed by atoms with van der Waals surface area (Å²) in [6, 6.07) is 30.3. The second kappa shape index (κ2) is 10.7. The number of halogens is 1. The fraction of sp³-hybridized carbons (Fsp3) is 0.207. The average Bonchev–Trinajstić information content (AvgIpc) is 2.86. The fourth-order valence-electron chi connectivity index (χ4n) is 4.82. The molecular weight excluding hydrogens is 446 g/mol. The number of nitrogens with one attached hydrogen (secondary N) is 1. The maximum Gasteiger partial charge on any atom is 0.335 e. The molecule has 5 rings (SSSR count). The van der Waals surface area contributed by atoms with E-state index in [2.05, 4.69) is 53.8 Å². The van der Waals surface area contributed by atoms with Crippen molar-refractivity contribution in [3.05, 3.63) is 113 Å². The average molecular weight is 474 g/mol. The molecule has 0 radical (unpaired) electrons. The van der Waals surface area contributed by atoms with Gasteiger partial charge in [-0.05, 0) is 59.5 Å². The Morgan fingerprint density at radius 1 is 0.941 bits per heavy atom. The Morgan fingerprint density at radius 2 is 1.71 bits per heavy atom. The van der Waals surface area contributed by atoms with Gasteiger partial charge in [0.1, 0.15) is 11.9 Å². The third-order valence-corrected chi connectivity index (χ3v) is 6.45. The first-order valence-corrected chi connectivity index (χ1v) is 11.5. The molecule has 1 heterocycles. The van der Waals surface area contributed by atoms with Gasteiger partial charge in [0.25, 0.3) is 0 Å². The number of carboxylic acids is 1. The summed E-state index contributed by atoms with van der Waals surface area (Å²) >= 11 is 0. The van der Waals surface area contributed by atoms with E-state index in [-0.39, 0.29) is 24.4 Å². The highest BCUT2D eigenvalue weighted by Gasteiger charge is 2.29. The lowest BCUT2D eigenvalue weighted by Crippen LogP contribution is -2.36.